The Bertz CT molecular complexity index is 1530. The summed E-state index contributed by atoms with van der Waals surface area (Å²) in [6, 6.07) is 0. The van der Waals surface area contributed by atoms with Gasteiger partial charge in [-0.1, -0.05) is 305 Å². The zero-order valence-electron chi connectivity index (χ0n) is 53.8. The fourth-order valence-electron chi connectivity index (χ4n) is 10.1. The summed E-state index contributed by atoms with van der Waals surface area (Å²) in [7, 11) is 0. The van der Waals surface area contributed by atoms with Gasteiger partial charge in [-0.15, -0.1) is 0 Å². The van der Waals surface area contributed by atoms with Crippen molar-refractivity contribution in [3.8, 4) is 0 Å². The van der Waals surface area contributed by atoms with Crippen LogP contribution in [0.4, 0.5) is 0 Å². The monoisotopic (exact) mass is 1130 g/mol. The Kier molecular flexibility index (Phi) is 66.2. The Labute approximate surface area is 503 Å². The summed E-state index contributed by atoms with van der Waals surface area (Å²) in [5.74, 6) is -0.879. The fraction of sp³-hybridized carbons (Fsp3) is 0.773. The van der Waals surface area contributed by atoms with Crippen LogP contribution in [-0.4, -0.2) is 37.2 Å². The smallest absolute Gasteiger partial charge is 0.306 e. The van der Waals surface area contributed by atoms with Gasteiger partial charge in [-0.3, -0.25) is 14.4 Å². The van der Waals surface area contributed by atoms with E-state index in [2.05, 4.69) is 106 Å². The van der Waals surface area contributed by atoms with Crippen LogP contribution in [-0.2, 0) is 28.6 Å². The molecule has 0 radical (unpaired) electrons. The van der Waals surface area contributed by atoms with Gasteiger partial charge < -0.3 is 14.2 Å². The number of hydrogen-bond donors (Lipinski definition) is 0. The minimum Gasteiger partial charge on any atom is -0.462 e. The maximum absolute atomic E-state index is 13.0. The van der Waals surface area contributed by atoms with Gasteiger partial charge in [-0.2, -0.15) is 0 Å². The van der Waals surface area contributed by atoms with Crippen LogP contribution in [0.3, 0.4) is 0 Å². The van der Waals surface area contributed by atoms with Gasteiger partial charge in [0, 0.05) is 19.3 Å². The molecule has 0 spiro atoms. The van der Waals surface area contributed by atoms with Crippen molar-refractivity contribution >= 4 is 17.9 Å². The van der Waals surface area contributed by atoms with Gasteiger partial charge in [0.1, 0.15) is 13.2 Å². The highest BCUT2D eigenvalue weighted by atomic mass is 16.6. The lowest BCUT2D eigenvalue weighted by molar-refractivity contribution is -0.167. The molecular formula is C75H132O6. The number of unbranched alkanes of at least 4 members (excludes halogenated alkanes) is 39. The SMILES string of the molecule is CC/C=C\C/C=C\C/C=C\CCCCCCCCCC(=O)OCC(COC(=O)CCCCCCCCCCCC/C=C\C/C=C\C/C=C\CCCCCCC)OC(=O)CCCCCCCCCCC/C=C\CCCCCCCCCC. The predicted molar refractivity (Wildman–Crippen MR) is 353 cm³/mol. The molecule has 0 aromatic rings. The van der Waals surface area contributed by atoms with E-state index >= 15 is 0 Å². The van der Waals surface area contributed by atoms with Crippen LogP contribution < -0.4 is 0 Å². The third kappa shape index (κ3) is 67.3. The average Bonchev–Trinajstić information content (AvgIpc) is 3.47. The van der Waals surface area contributed by atoms with Gasteiger partial charge in [-0.25, -0.2) is 0 Å². The molecule has 0 aromatic heterocycles. The van der Waals surface area contributed by atoms with E-state index in [1.807, 2.05) is 0 Å². The van der Waals surface area contributed by atoms with E-state index in [4.69, 9.17) is 14.2 Å². The van der Waals surface area contributed by atoms with Crippen molar-refractivity contribution in [2.45, 2.75) is 361 Å². The van der Waals surface area contributed by atoms with Crippen molar-refractivity contribution in [2.24, 2.45) is 0 Å². The molecule has 0 amide bonds. The van der Waals surface area contributed by atoms with Crippen LogP contribution in [0.5, 0.6) is 0 Å². The molecule has 0 saturated heterocycles. The van der Waals surface area contributed by atoms with Gasteiger partial charge in [0.25, 0.3) is 0 Å². The van der Waals surface area contributed by atoms with Crippen LogP contribution in [0.1, 0.15) is 355 Å². The second-order valence-corrected chi connectivity index (χ2v) is 23.4. The van der Waals surface area contributed by atoms with Crippen molar-refractivity contribution in [1.29, 1.82) is 0 Å². The largest absolute Gasteiger partial charge is 0.462 e. The molecule has 0 heterocycles. The van der Waals surface area contributed by atoms with Gasteiger partial charge >= 0.3 is 17.9 Å². The van der Waals surface area contributed by atoms with Crippen LogP contribution in [0.25, 0.3) is 0 Å². The Balaban J connectivity index is 4.36. The van der Waals surface area contributed by atoms with E-state index in [1.54, 1.807) is 0 Å². The molecule has 1 atom stereocenters. The molecule has 0 bridgehead atoms. The van der Waals surface area contributed by atoms with E-state index in [-0.39, 0.29) is 31.1 Å². The van der Waals surface area contributed by atoms with Gasteiger partial charge in [0.2, 0.25) is 0 Å². The number of carbonyl (C=O) groups is 3. The normalized spacial score (nSPS) is 12.6. The zero-order chi connectivity index (χ0) is 58.5. The van der Waals surface area contributed by atoms with Crippen molar-refractivity contribution in [2.75, 3.05) is 13.2 Å². The zero-order valence-corrected chi connectivity index (χ0v) is 53.8. The predicted octanol–water partition coefficient (Wildman–Crippen LogP) is 24.2. The lowest BCUT2D eigenvalue weighted by Crippen LogP contribution is -2.30. The summed E-state index contributed by atoms with van der Waals surface area (Å²) >= 11 is 0. The Morgan fingerprint density at radius 1 is 0.259 bits per heavy atom. The first-order chi connectivity index (χ1) is 40.0. The van der Waals surface area contributed by atoms with E-state index in [9.17, 15) is 14.4 Å². The van der Waals surface area contributed by atoms with Crippen molar-refractivity contribution in [1.82, 2.24) is 0 Å². The maximum Gasteiger partial charge on any atom is 0.306 e. The summed E-state index contributed by atoms with van der Waals surface area (Å²) in [4.78, 5) is 38.5. The summed E-state index contributed by atoms with van der Waals surface area (Å²) in [6.07, 6.45) is 91.7. The fourth-order valence-corrected chi connectivity index (χ4v) is 10.1. The summed E-state index contributed by atoms with van der Waals surface area (Å²) in [5.41, 5.74) is 0. The van der Waals surface area contributed by atoms with E-state index in [0.29, 0.717) is 19.3 Å². The third-order valence-corrected chi connectivity index (χ3v) is 15.4. The number of ether oxygens (including phenoxy) is 3. The minimum atomic E-state index is -0.786. The van der Waals surface area contributed by atoms with Gasteiger partial charge in [-0.05, 0) is 116 Å². The molecule has 0 rings (SSSR count). The molecule has 6 nitrogen and oxygen atoms in total. The lowest BCUT2D eigenvalue weighted by Gasteiger charge is -2.18. The molecule has 81 heavy (non-hydrogen) atoms. The molecule has 0 N–H and O–H groups in total. The third-order valence-electron chi connectivity index (χ3n) is 15.4. The number of rotatable bonds is 64. The standard InChI is InChI=1S/C75H132O6/c1-4-7-10-13-16-19-22-25-28-31-33-35-36-37-38-40-41-44-47-50-53-56-59-62-65-68-74(77)80-71-72(70-79-73(76)67-64-61-58-55-52-49-46-43-30-27-24-21-18-15-12-9-6-3)81-75(78)69-66-63-60-57-54-51-48-45-42-39-34-32-29-26-23-20-17-14-11-8-5-2/h9,12,18,21-22,25,27,30-34,36-37,72H,4-8,10-11,13-17,19-20,23-24,26,28-29,35,38-71H2,1-3H3/b12-9-,21-18-,25-22-,30-27-,33-31-,34-32-,37-36-. The number of allylic oxidation sites excluding steroid dienone is 14. The molecular weight excluding hydrogens is 997 g/mol. The molecule has 0 aliphatic carbocycles. The molecule has 0 fully saturated rings. The Morgan fingerprint density at radius 3 is 0.765 bits per heavy atom. The second-order valence-electron chi connectivity index (χ2n) is 23.4. The van der Waals surface area contributed by atoms with Crippen LogP contribution >= 0.6 is 0 Å². The topological polar surface area (TPSA) is 78.9 Å². The second kappa shape index (κ2) is 69.1. The highest BCUT2D eigenvalue weighted by molar-refractivity contribution is 5.71. The van der Waals surface area contributed by atoms with Crippen molar-refractivity contribution in [3.05, 3.63) is 85.1 Å². The van der Waals surface area contributed by atoms with E-state index in [0.717, 1.165) is 96.3 Å². The van der Waals surface area contributed by atoms with Gasteiger partial charge in [0.05, 0.1) is 0 Å². The summed E-state index contributed by atoms with van der Waals surface area (Å²) < 4.78 is 17.0. The molecule has 6 heteroatoms. The first-order valence-electron chi connectivity index (χ1n) is 35.1. The van der Waals surface area contributed by atoms with Crippen molar-refractivity contribution in [3.63, 3.8) is 0 Å². The maximum atomic E-state index is 13.0. The Morgan fingerprint density at radius 2 is 0.481 bits per heavy atom. The Hall–Kier alpha value is -3.41. The molecule has 0 aliphatic heterocycles. The number of carbonyl (C=O) groups excluding carboxylic acids is 3. The first kappa shape index (κ1) is 77.6. The van der Waals surface area contributed by atoms with Gasteiger partial charge in [0.15, 0.2) is 6.10 Å². The van der Waals surface area contributed by atoms with E-state index in [1.165, 1.54) is 218 Å². The lowest BCUT2D eigenvalue weighted by atomic mass is 10.0. The first-order valence-corrected chi connectivity index (χ1v) is 35.1. The summed E-state index contributed by atoms with van der Waals surface area (Å²) in [6.45, 7) is 6.55. The highest BCUT2D eigenvalue weighted by Gasteiger charge is 2.19. The molecule has 1 unspecified atom stereocenters. The molecule has 468 valence electrons. The van der Waals surface area contributed by atoms with Crippen LogP contribution in [0, 0.1) is 0 Å². The summed E-state index contributed by atoms with van der Waals surface area (Å²) in [5, 5.41) is 0. The molecule has 0 aromatic carbocycles. The van der Waals surface area contributed by atoms with Crippen LogP contribution in [0.15, 0.2) is 85.1 Å². The van der Waals surface area contributed by atoms with Crippen molar-refractivity contribution < 1.29 is 28.6 Å². The number of esters is 3. The van der Waals surface area contributed by atoms with Crippen LogP contribution in [0.2, 0.25) is 0 Å². The average molecular weight is 1130 g/mol. The quantitative estimate of drug-likeness (QED) is 0.0261. The highest BCUT2D eigenvalue weighted by Crippen LogP contribution is 2.17. The number of hydrogen-bond acceptors (Lipinski definition) is 6. The minimum absolute atomic E-state index is 0.0810. The van der Waals surface area contributed by atoms with E-state index < -0.39 is 6.10 Å². The molecule has 0 aliphatic rings. The molecule has 0 saturated carbocycles.